The summed E-state index contributed by atoms with van der Waals surface area (Å²) in [5, 5.41) is 9.81. The van der Waals surface area contributed by atoms with Crippen molar-refractivity contribution in [1.29, 1.82) is 0 Å². The lowest BCUT2D eigenvalue weighted by Crippen LogP contribution is -2.50. The van der Waals surface area contributed by atoms with E-state index in [0.29, 0.717) is 16.8 Å². The number of amides is 2. The quantitative estimate of drug-likeness (QED) is 0.888. The third kappa shape index (κ3) is 2.21. The molecule has 1 aromatic carbocycles. The van der Waals surface area contributed by atoms with Gasteiger partial charge in [0.2, 0.25) is 0 Å². The summed E-state index contributed by atoms with van der Waals surface area (Å²) in [6.45, 7) is 0.722. The van der Waals surface area contributed by atoms with Crippen LogP contribution < -0.4 is 10.6 Å². The molecule has 0 unspecified atom stereocenters. The summed E-state index contributed by atoms with van der Waals surface area (Å²) >= 11 is 0. The topological polar surface area (TPSA) is 76.0 Å². The summed E-state index contributed by atoms with van der Waals surface area (Å²) in [7, 11) is 1.76. The zero-order valence-corrected chi connectivity index (χ0v) is 12.9. The maximum atomic E-state index is 12.2. The van der Waals surface area contributed by atoms with Crippen LogP contribution in [0.5, 0.6) is 0 Å². The van der Waals surface area contributed by atoms with E-state index in [0.717, 1.165) is 24.9 Å². The van der Waals surface area contributed by atoms with E-state index < -0.39 is 0 Å². The van der Waals surface area contributed by atoms with Crippen molar-refractivity contribution in [1.82, 2.24) is 15.1 Å². The summed E-state index contributed by atoms with van der Waals surface area (Å²) < 4.78 is 1.58. The summed E-state index contributed by atoms with van der Waals surface area (Å²) in [5.74, 6) is -0.289. The van der Waals surface area contributed by atoms with Gasteiger partial charge in [-0.2, -0.15) is 5.10 Å². The fraction of sp³-hybridized carbons (Fsp3) is 0.353. The van der Waals surface area contributed by atoms with Gasteiger partial charge in [-0.25, -0.2) is 0 Å². The number of rotatable bonds is 2. The Labute approximate surface area is 133 Å². The number of fused-ring (bicyclic) bond motifs is 2. The molecule has 2 aromatic rings. The largest absolute Gasteiger partial charge is 0.351 e. The lowest BCUT2D eigenvalue weighted by molar-refractivity contribution is 0.0895. The number of carbonyl (C=O) groups excluding carboxylic acids is 2. The molecule has 1 fully saturated rings. The van der Waals surface area contributed by atoms with Gasteiger partial charge in [-0.05, 0) is 30.5 Å². The molecule has 1 saturated carbocycles. The predicted octanol–water partition coefficient (Wildman–Crippen LogP) is 1.84. The number of benzene rings is 1. The molecular formula is C17H18N4O2. The van der Waals surface area contributed by atoms with E-state index in [1.54, 1.807) is 24.0 Å². The highest BCUT2D eigenvalue weighted by atomic mass is 16.2. The van der Waals surface area contributed by atoms with Crippen molar-refractivity contribution in [3.05, 3.63) is 47.3 Å². The van der Waals surface area contributed by atoms with Crippen molar-refractivity contribution in [2.45, 2.75) is 24.7 Å². The number of carbonyl (C=O) groups is 2. The molecule has 2 aliphatic rings. The lowest BCUT2D eigenvalue weighted by atomic mass is 9.62. The van der Waals surface area contributed by atoms with Crippen molar-refractivity contribution in [2.75, 3.05) is 11.9 Å². The van der Waals surface area contributed by atoms with Gasteiger partial charge in [0.15, 0.2) is 0 Å². The average molecular weight is 310 g/mol. The van der Waals surface area contributed by atoms with Gasteiger partial charge in [0.05, 0.1) is 11.8 Å². The van der Waals surface area contributed by atoms with E-state index in [1.807, 2.05) is 12.1 Å². The number of nitrogens with zero attached hydrogens (tertiary/aromatic N) is 2. The first-order chi connectivity index (χ1) is 11.1. The molecule has 0 bridgehead atoms. The zero-order chi connectivity index (χ0) is 16.0. The van der Waals surface area contributed by atoms with Crippen LogP contribution in [0.3, 0.4) is 0 Å². The van der Waals surface area contributed by atoms with Gasteiger partial charge in [-0.15, -0.1) is 0 Å². The Morgan fingerprint density at radius 1 is 1.39 bits per heavy atom. The molecule has 0 atom stereocenters. The molecule has 23 heavy (non-hydrogen) atoms. The number of hydrogen-bond donors (Lipinski definition) is 2. The molecule has 6 heteroatoms. The third-order valence-corrected chi connectivity index (χ3v) is 4.96. The molecule has 1 aromatic heterocycles. The van der Waals surface area contributed by atoms with Crippen LogP contribution in [-0.2, 0) is 12.5 Å². The molecular weight excluding hydrogens is 292 g/mol. The minimum absolute atomic E-state index is 0.0602. The van der Waals surface area contributed by atoms with Crippen LogP contribution in [0, 0.1) is 0 Å². The second kappa shape index (κ2) is 4.94. The predicted molar refractivity (Wildman–Crippen MR) is 85.5 cm³/mol. The first-order valence-electron chi connectivity index (χ1n) is 7.80. The standard InChI is InChI=1S/C17H18N4O2/c1-21-9-11(8-19-21)15(22)20-12-3-4-14-13(7-12)16(23)18-10-17(14)5-2-6-17/h3-4,7-9H,2,5-6,10H2,1H3,(H,18,23)(H,20,22). The van der Waals surface area contributed by atoms with Crippen LogP contribution in [0.25, 0.3) is 0 Å². The SMILES string of the molecule is Cn1cc(C(=O)Nc2ccc3c(c2)C(=O)NCC32CCC2)cn1. The molecule has 0 saturated heterocycles. The molecule has 1 aliphatic carbocycles. The van der Waals surface area contributed by atoms with Gasteiger partial charge < -0.3 is 10.6 Å². The molecule has 2 heterocycles. The van der Waals surface area contributed by atoms with E-state index in [-0.39, 0.29) is 17.2 Å². The number of hydrogen-bond acceptors (Lipinski definition) is 3. The summed E-state index contributed by atoms with van der Waals surface area (Å²) in [6.07, 6.45) is 6.60. The fourth-order valence-corrected chi connectivity index (χ4v) is 3.50. The minimum atomic E-state index is -0.229. The van der Waals surface area contributed by atoms with E-state index in [2.05, 4.69) is 15.7 Å². The maximum absolute atomic E-state index is 12.2. The molecule has 0 radical (unpaired) electrons. The number of aryl methyl sites for hydroxylation is 1. The second-order valence-electron chi connectivity index (χ2n) is 6.43. The first-order valence-corrected chi connectivity index (χ1v) is 7.80. The maximum Gasteiger partial charge on any atom is 0.258 e. The van der Waals surface area contributed by atoms with Crippen LogP contribution in [0.2, 0.25) is 0 Å². The van der Waals surface area contributed by atoms with Gasteiger partial charge in [-0.1, -0.05) is 12.5 Å². The van der Waals surface area contributed by atoms with Crippen LogP contribution in [0.1, 0.15) is 45.5 Å². The Balaban J connectivity index is 1.63. The van der Waals surface area contributed by atoms with Gasteiger partial charge in [0, 0.05) is 36.5 Å². The average Bonchev–Trinajstić information content (AvgIpc) is 2.93. The van der Waals surface area contributed by atoms with E-state index >= 15 is 0 Å². The summed E-state index contributed by atoms with van der Waals surface area (Å²) in [5.41, 5.74) is 3.02. The number of anilines is 1. The Morgan fingerprint density at radius 2 is 2.22 bits per heavy atom. The number of nitrogens with one attached hydrogen (secondary N) is 2. The molecule has 118 valence electrons. The molecule has 4 rings (SSSR count). The highest BCUT2D eigenvalue weighted by Crippen LogP contribution is 2.46. The van der Waals surface area contributed by atoms with Crippen LogP contribution in [0.15, 0.2) is 30.6 Å². The normalized spacial score (nSPS) is 18.0. The van der Waals surface area contributed by atoms with Crippen LogP contribution in [-0.4, -0.2) is 28.1 Å². The molecule has 1 aliphatic heterocycles. The highest BCUT2D eigenvalue weighted by Gasteiger charge is 2.43. The second-order valence-corrected chi connectivity index (χ2v) is 6.43. The third-order valence-electron chi connectivity index (χ3n) is 4.96. The Kier molecular flexibility index (Phi) is 3.01. The van der Waals surface area contributed by atoms with Crippen molar-refractivity contribution in [3.8, 4) is 0 Å². The monoisotopic (exact) mass is 310 g/mol. The Hall–Kier alpha value is -2.63. The van der Waals surface area contributed by atoms with Crippen molar-refractivity contribution >= 4 is 17.5 Å². The van der Waals surface area contributed by atoms with Crippen LogP contribution >= 0.6 is 0 Å². The van der Waals surface area contributed by atoms with E-state index in [1.165, 1.54) is 12.6 Å². The van der Waals surface area contributed by atoms with E-state index in [4.69, 9.17) is 0 Å². The van der Waals surface area contributed by atoms with Gasteiger partial charge in [-0.3, -0.25) is 14.3 Å². The van der Waals surface area contributed by atoms with E-state index in [9.17, 15) is 9.59 Å². The van der Waals surface area contributed by atoms with Crippen molar-refractivity contribution in [3.63, 3.8) is 0 Å². The lowest BCUT2D eigenvalue weighted by Gasteiger charge is -2.46. The molecule has 2 N–H and O–H groups in total. The molecule has 6 nitrogen and oxygen atoms in total. The Morgan fingerprint density at radius 3 is 2.87 bits per heavy atom. The van der Waals surface area contributed by atoms with Crippen LogP contribution in [0.4, 0.5) is 5.69 Å². The summed E-state index contributed by atoms with van der Waals surface area (Å²) in [6, 6.07) is 5.65. The van der Waals surface area contributed by atoms with Gasteiger partial charge >= 0.3 is 0 Å². The molecule has 2 amide bonds. The zero-order valence-electron chi connectivity index (χ0n) is 12.9. The minimum Gasteiger partial charge on any atom is -0.351 e. The smallest absolute Gasteiger partial charge is 0.258 e. The van der Waals surface area contributed by atoms with Gasteiger partial charge in [0.1, 0.15) is 0 Å². The van der Waals surface area contributed by atoms with Gasteiger partial charge in [0.25, 0.3) is 11.8 Å². The van der Waals surface area contributed by atoms with Crippen molar-refractivity contribution in [2.24, 2.45) is 7.05 Å². The first kappa shape index (κ1) is 14.0. The van der Waals surface area contributed by atoms with Crippen molar-refractivity contribution < 1.29 is 9.59 Å². The number of aromatic nitrogens is 2. The Bertz CT molecular complexity index is 805. The molecule has 1 spiro atoms. The summed E-state index contributed by atoms with van der Waals surface area (Å²) in [4.78, 5) is 24.4. The fourth-order valence-electron chi connectivity index (χ4n) is 3.50. The highest BCUT2D eigenvalue weighted by molar-refractivity contribution is 6.05.